The van der Waals surface area contributed by atoms with E-state index < -0.39 is 0 Å². The summed E-state index contributed by atoms with van der Waals surface area (Å²) in [6, 6.07) is 2.83. The number of aromatic amines is 1. The topological polar surface area (TPSA) is 40.7 Å². The van der Waals surface area contributed by atoms with Gasteiger partial charge < -0.3 is 10.3 Å². The molecular formula is C12H15N3S. The van der Waals surface area contributed by atoms with E-state index in [0.29, 0.717) is 0 Å². The van der Waals surface area contributed by atoms with Gasteiger partial charge in [0.05, 0.1) is 5.69 Å². The molecule has 3 rings (SSSR count). The molecule has 0 bridgehead atoms. The van der Waals surface area contributed by atoms with Gasteiger partial charge in [0.1, 0.15) is 5.01 Å². The molecule has 0 aromatic carbocycles. The van der Waals surface area contributed by atoms with E-state index in [1.807, 2.05) is 12.4 Å². The Morgan fingerprint density at radius 2 is 2.44 bits per heavy atom. The van der Waals surface area contributed by atoms with Crippen molar-refractivity contribution in [1.29, 1.82) is 0 Å². The second kappa shape index (κ2) is 4.03. The SMILES string of the molecule is Cc1nc(-c2cc[nH]c2)sc1CNC1CC1. The minimum atomic E-state index is 0.761. The predicted octanol–water partition coefficient (Wildman–Crippen LogP) is 2.70. The third-order valence-electron chi connectivity index (χ3n) is 2.87. The zero-order chi connectivity index (χ0) is 11.0. The number of rotatable bonds is 4. The van der Waals surface area contributed by atoms with Crippen molar-refractivity contribution < 1.29 is 0 Å². The molecule has 2 aromatic heterocycles. The monoisotopic (exact) mass is 233 g/mol. The molecule has 0 amide bonds. The lowest BCUT2D eigenvalue weighted by molar-refractivity contribution is 0.691. The number of nitrogens with zero attached hydrogens (tertiary/aromatic N) is 1. The van der Waals surface area contributed by atoms with Gasteiger partial charge in [-0.25, -0.2) is 4.98 Å². The van der Waals surface area contributed by atoms with Gasteiger partial charge in [-0.05, 0) is 25.8 Å². The summed E-state index contributed by atoms with van der Waals surface area (Å²) in [4.78, 5) is 9.04. The highest BCUT2D eigenvalue weighted by Crippen LogP contribution is 2.28. The van der Waals surface area contributed by atoms with Gasteiger partial charge in [0.2, 0.25) is 0 Å². The van der Waals surface area contributed by atoms with E-state index in [1.54, 1.807) is 11.3 Å². The van der Waals surface area contributed by atoms with Crippen LogP contribution in [0, 0.1) is 6.92 Å². The summed E-state index contributed by atoms with van der Waals surface area (Å²) in [5.74, 6) is 0. The zero-order valence-electron chi connectivity index (χ0n) is 9.29. The predicted molar refractivity (Wildman–Crippen MR) is 66.5 cm³/mol. The third-order valence-corrected chi connectivity index (χ3v) is 4.07. The Morgan fingerprint density at radius 3 is 3.12 bits per heavy atom. The largest absolute Gasteiger partial charge is 0.367 e. The quantitative estimate of drug-likeness (QED) is 0.852. The molecule has 1 saturated carbocycles. The highest BCUT2D eigenvalue weighted by atomic mass is 32.1. The van der Waals surface area contributed by atoms with Crippen molar-refractivity contribution in [3.8, 4) is 10.6 Å². The number of H-pyrrole nitrogens is 1. The van der Waals surface area contributed by atoms with Crippen molar-refractivity contribution in [3.05, 3.63) is 29.0 Å². The highest BCUT2D eigenvalue weighted by Gasteiger charge is 2.21. The molecular weight excluding hydrogens is 218 g/mol. The molecule has 3 nitrogen and oxygen atoms in total. The van der Waals surface area contributed by atoms with Crippen LogP contribution in [-0.2, 0) is 6.54 Å². The number of aromatic nitrogens is 2. The average Bonchev–Trinajstić information content (AvgIpc) is 2.80. The van der Waals surface area contributed by atoms with E-state index in [-0.39, 0.29) is 0 Å². The summed E-state index contributed by atoms with van der Waals surface area (Å²) >= 11 is 1.79. The Bertz CT molecular complexity index is 468. The van der Waals surface area contributed by atoms with Gasteiger partial charge in [-0.15, -0.1) is 11.3 Å². The smallest absolute Gasteiger partial charge is 0.125 e. The summed E-state index contributed by atoms with van der Waals surface area (Å²) in [6.45, 7) is 3.06. The fourth-order valence-corrected chi connectivity index (χ4v) is 2.71. The number of hydrogen-bond acceptors (Lipinski definition) is 3. The van der Waals surface area contributed by atoms with E-state index in [4.69, 9.17) is 0 Å². The van der Waals surface area contributed by atoms with Crippen LogP contribution in [0.3, 0.4) is 0 Å². The Morgan fingerprint density at radius 1 is 1.56 bits per heavy atom. The van der Waals surface area contributed by atoms with E-state index >= 15 is 0 Å². The lowest BCUT2D eigenvalue weighted by Gasteiger charge is -1.99. The van der Waals surface area contributed by atoms with Gasteiger partial charge in [-0.2, -0.15) is 0 Å². The Hall–Kier alpha value is -1.13. The minimum Gasteiger partial charge on any atom is -0.367 e. The molecule has 2 aromatic rings. The maximum absolute atomic E-state index is 4.61. The molecule has 1 aliphatic carbocycles. The first kappa shape index (κ1) is 10.1. The zero-order valence-corrected chi connectivity index (χ0v) is 10.1. The van der Waals surface area contributed by atoms with Crippen molar-refractivity contribution in [2.75, 3.05) is 0 Å². The van der Waals surface area contributed by atoms with E-state index in [1.165, 1.54) is 23.3 Å². The van der Waals surface area contributed by atoms with Crippen LogP contribution < -0.4 is 5.32 Å². The van der Waals surface area contributed by atoms with E-state index in [0.717, 1.165) is 23.3 Å². The minimum absolute atomic E-state index is 0.761. The fraction of sp³-hybridized carbons (Fsp3) is 0.417. The van der Waals surface area contributed by atoms with Gasteiger partial charge in [0.25, 0.3) is 0 Å². The van der Waals surface area contributed by atoms with Crippen molar-refractivity contribution in [2.45, 2.75) is 32.4 Å². The van der Waals surface area contributed by atoms with Crippen molar-refractivity contribution >= 4 is 11.3 Å². The van der Waals surface area contributed by atoms with Crippen LogP contribution in [0.1, 0.15) is 23.4 Å². The van der Waals surface area contributed by atoms with Gasteiger partial charge in [-0.3, -0.25) is 0 Å². The summed E-state index contributed by atoms with van der Waals surface area (Å²) in [7, 11) is 0. The molecule has 0 atom stereocenters. The van der Waals surface area contributed by atoms with Crippen molar-refractivity contribution in [1.82, 2.24) is 15.3 Å². The second-order valence-corrected chi connectivity index (χ2v) is 5.37. The number of nitrogens with one attached hydrogen (secondary N) is 2. The van der Waals surface area contributed by atoms with Crippen LogP contribution in [0.5, 0.6) is 0 Å². The summed E-state index contributed by atoms with van der Waals surface area (Å²) < 4.78 is 0. The molecule has 0 unspecified atom stereocenters. The summed E-state index contributed by atoms with van der Waals surface area (Å²) in [5.41, 5.74) is 2.35. The summed E-state index contributed by atoms with van der Waals surface area (Å²) in [6.07, 6.45) is 6.61. The van der Waals surface area contributed by atoms with Crippen LogP contribution in [0.25, 0.3) is 10.6 Å². The number of thiazole rings is 1. The summed E-state index contributed by atoms with van der Waals surface area (Å²) in [5, 5.41) is 4.65. The molecule has 0 radical (unpaired) electrons. The molecule has 16 heavy (non-hydrogen) atoms. The van der Waals surface area contributed by atoms with Gasteiger partial charge in [-0.1, -0.05) is 0 Å². The Balaban J connectivity index is 1.78. The highest BCUT2D eigenvalue weighted by molar-refractivity contribution is 7.15. The Kier molecular flexibility index (Phi) is 2.53. The first-order valence-electron chi connectivity index (χ1n) is 5.66. The number of aryl methyl sites for hydroxylation is 1. The van der Waals surface area contributed by atoms with E-state index in [9.17, 15) is 0 Å². The van der Waals surface area contributed by atoms with Gasteiger partial charge in [0, 0.05) is 35.4 Å². The molecule has 4 heteroatoms. The normalized spacial score (nSPS) is 15.6. The first-order chi connectivity index (χ1) is 7.83. The number of hydrogen-bond donors (Lipinski definition) is 2. The fourth-order valence-electron chi connectivity index (χ4n) is 1.70. The van der Waals surface area contributed by atoms with Gasteiger partial charge in [0.15, 0.2) is 0 Å². The van der Waals surface area contributed by atoms with Crippen LogP contribution in [-0.4, -0.2) is 16.0 Å². The lowest BCUT2D eigenvalue weighted by atomic mass is 10.3. The molecule has 2 heterocycles. The lowest BCUT2D eigenvalue weighted by Crippen LogP contribution is -2.14. The molecule has 1 fully saturated rings. The molecule has 0 spiro atoms. The first-order valence-corrected chi connectivity index (χ1v) is 6.47. The van der Waals surface area contributed by atoms with E-state index in [2.05, 4.69) is 28.3 Å². The maximum atomic E-state index is 4.61. The van der Waals surface area contributed by atoms with Crippen LogP contribution in [0.4, 0.5) is 0 Å². The molecule has 1 aliphatic rings. The van der Waals surface area contributed by atoms with Crippen molar-refractivity contribution in [3.63, 3.8) is 0 Å². The Labute approximate surface area is 98.9 Å². The molecule has 0 saturated heterocycles. The molecule has 0 aliphatic heterocycles. The van der Waals surface area contributed by atoms with Gasteiger partial charge >= 0.3 is 0 Å². The average molecular weight is 233 g/mol. The maximum Gasteiger partial charge on any atom is 0.125 e. The van der Waals surface area contributed by atoms with Crippen LogP contribution >= 0.6 is 11.3 Å². The van der Waals surface area contributed by atoms with Crippen molar-refractivity contribution in [2.24, 2.45) is 0 Å². The van der Waals surface area contributed by atoms with Crippen LogP contribution in [0.15, 0.2) is 18.5 Å². The second-order valence-electron chi connectivity index (χ2n) is 4.28. The standard InChI is InChI=1S/C12H15N3S/c1-8-11(7-14-10-2-3-10)16-12(15-8)9-4-5-13-6-9/h4-6,10,13-14H,2-3,7H2,1H3. The van der Waals surface area contributed by atoms with Crippen LogP contribution in [0.2, 0.25) is 0 Å². The molecule has 2 N–H and O–H groups in total. The molecule has 84 valence electrons. The third kappa shape index (κ3) is 2.03.